The van der Waals surface area contributed by atoms with Crippen molar-refractivity contribution in [3.05, 3.63) is 28.6 Å². The molecule has 2 heterocycles. The molecule has 1 fully saturated rings. The van der Waals surface area contributed by atoms with Gasteiger partial charge in [-0.2, -0.15) is 0 Å². The van der Waals surface area contributed by atoms with Crippen molar-refractivity contribution in [2.24, 2.45) is 0 Å². The molecule has 0 saturated carbocycles. The number of amides is 1. The first-order valence-corrected chi connectivity index (χ1v) is 6.40. The van der Waals surface area contributed by atoms with Crippen molar-refractivity contribution in [3.63, 3.8) is 0 Å². The summed E-state index contributed by atoms with van der Waals surface area (Å²) in [4.78, 5) is 26.9. The summed E-state index contributed by atoms with van der Waals surface area (Å²) in [6.07, 6.45) is 3.89. The monoisotopic (exact) mass is 280 g/mol. The summed E-state index contributed by atoms with van der Waals surface area (Å²) in [5.41, 5.74) is 0.526. The fraction of sp³-hybridized carbons (Fsp3) is 0.500. The van der Waals surface area contributed by atoms with E-state index in [1.807, 2.05) is 4.90 Å². The second-order valence-electron chi connectivity index (χ2n) is 4.69. The highest BCUT2D eigenvalue weighted by atomic mass is 16.6. The first-order valence-electron chi connectivity index (χ1n) is 6.40. The largest absolute Gasteiger partial charge is 0.465 e. The standard InChI is InChI=1S/C12H16N4O4/c17-12(18)14-9-2-1-6-15(7-4-9)10-3-5-13-8-11(10)16(19)20/h3,5,8-9,14H,1-2,4,6-7H2,(H,17,18). The number of nitrogens with zero attached hydrogens (tertiary/aromatic N) is 3. The van der Waals surface area contributed by atoms with Crippen LogP contribution in [0, 0.1) is 10.1 Å². The highest BCUT2D eigenvalue weighted by molar-refractivity contribution is 5.65. The lowest BCUT2D eigenvalue weighted by atomic mass is 10.1. The topological polar surface area (TPSA) is 109 Å². The zero-order chi connectivity index (χ0) is 14.5. The number of nitrogens with one attached hydrogen (secondary N) is 1. The average Bonchev–Trinajstić information content (AvgIpc) is 2.63. The Morgan fingerprint density at radius 1 is 1.50 bits per heavy atom. The smallest absolute Gasteiger partial charge is 0.404 e. The van der Waals surface area contributed by atoms with E-state index in [2.05, 4.69) is 10.3 Å². The molecular formula is C12H16N4O4. The molecule has 1 aromatic rings. The molecule has 1 aromatic heterocycles. The van der Waals surface area contributed by atoms with E-state index >= 15 is 0 Å². The molecule has 0 aliphatic carbocycles. The minimum Gasteiger partial charge on any atom is -0.465 e. The van der Waals surface area contributed by atoms with E-state index in [0.717, 1.165) is 12.8 Å². The van der Waals surface area contributed by atoms with E-state index in [4.69, 9.17) is 5.11 Å². The highest BCUT2D eigenvalue weighted by Crippen LogP contribution is 2.28. The molecule has 20 heavy (non-hydrogen) atoms. The lowest BCUT2D eigenvalue weighted by Crippen LogP contribution is -2.34. The van der Waals surface area contributed by atoms with Crippen LogP contribution < -0.4 is 10.2 Å². The Kier molecular flexibility index (Phi) is 4.34. The van der Waals surface area contributed by atoms with Crippen molar-refractivity contribution < 1.29 is 14.8 Å². The lowest BCUT2D eigenvalue weighted by Gasteiger charge is -2.22. The molecule has 0 bridgehead atoms. The third kappa shape index (κ3) is 3.34. The van der Waals surface area contributed by atoms with Crippen molar-refractivity contribution in [1.29, 1.82) is 0 Å². The molecule has 0 aromatic carbocycles. The number of pyridine rings is 1. The molecule has 1 saturated heterocycles. The van der Waals surface area contributed by atoms with Gasteiger partial charge < -0.3 is 15.3 Å². The van der Waals surface area contributed by atoms with E-state index in [1.54, 1.807) is 6.07 Å². The molecule has 1 atom stereocenters. The van der Waals surface area contributed by atoms with Gasteiger partial charge in [0.25, 0.3) is 0 Å². The zero-order valence-corrected chi connectivity index (χ0v) is 10.9. The molecule has 1 amide bonds. The zero-order valence-electron chi connectivity index (χ0n) is 10.9. The van der Waals surface area contributed by atoms with Gasteiger partial charge in [-0.05, 0) is 25.3 Å². The van der Waals surface area contributed by atoms with Crippen LogP contribution in [0.3, 0.4) is 0 Å². The van der Waals surface area contributed by atoms with Gasteiger partial charge in [0.15, 0.2) is 0 Å². The van der Waals surface area contributed by atoms with Crippen LogP contribution in [0.4, 0.5) is 16.2 Å². The summed E-state index contributed by atoms with van der Waals surface area (Å²) in [6.45, 7) is 1.25. The van der Waals surface area contributed by atoms with Crippen LogP contribution in [0.5, 0.6) is 0 Å². The predicted octanol–water partition coefficient (Wildman–Crippen LogP) is 1.62. The Labute approximate surface area is 115 Å². The van der Waals surface area contributed by atoms with Gasteiger partial charge in [-0.1, -0.05) is 0 Å². The first-order chi connectivity index (χ1) is 9.58. The second kappa shape index (κ2) is 6.18. The second-order valence-corrected chi connectivity index (χ2v) is 4.69. The fourth-order valence-electron chi connectivity index (χ4n) is 2.44. The van der Waals surface area contributed by atoms with E-state index in [0.29, 0.717) is 25.2 Å². The Morgan fingerprint density at radius 2 is 2.30 bits per heavy atom. The fourth-order valence-corrected chi connectivity index (χ4v) is 2.44. The normalized spacial score (nSPS) is 19.2. The molecule has 8 heteroatoms. The van der Waals surface area contributed by atoms with Gasteiger partial charge in [0, 0.05) is 25.3 Å². The summed E-state index contributed by atoms with van der Waals surface area (Å²) in [5.74, 6) is 0. The lowest BCUT2D eigenvalue weighted by molar-refractivity contribution is -0.384. The minimum absolute atomic E-state index is 0.0165. The molecule has 0 radical (unpaired) electrons. The molecule has 1 unspecified atom stereocenters. The van der Waals surface area contributed by atoms with Crippen molar-refractivity contribution in [2.45, 2.75) is 25.3 Å². The summed E-state index contributed by atoms with van der Waals surface area (Å²) in [7, 11) is 0. The van der Waals surface area contributed by atoms with Crippen molar-refractivity contribution in [3.8, 4) is 0 Å². The maximum absolute atomic E-state index is 11.0. The first kappa shape index (κ1) is 14.0. The molecule has 1 aliphatic rings. The third-order valence-electron chi connectivity index (χ3n) is 3.37. The van der Waals surface area contributed by atoms with E-state index in [1.165, 1.54) is 12.4 Å². The maximum atomic E-state index is 11.0. The van der Waals surface area contributed by atoms with Gasteiger partial charge in [0.05, 0.1) is 4.92 Å². The number of hydrogen-bond acceptors (Lipinski definition) is 5. The Bertz CT molecular complexity index is 508. The quantitative estimate of drug-likeness (QED) is 0.643. The SMILES string of the molecule is O=C(O)NC1CCCN(c2ccncc2[N+](=O)[O-])CC1. The Morgan fingerprint density at radius 3 is 3.00 bits per heavy atom. The third-order valence-corrected chi connectivity index (χ3v) is 3.37. The van der Waals surface area contributed by atoms with Crippen molar-refractivity contribution >= 4 is 17.5 Å². The molecule has 2 rings (SSSR count). The van der Waals surface area contributed by atoms with Gasteiger partial charge in [0.2, 0.25) is 0 Å². The minimum atomic E-state index is -1.03. The van der Waals surface area contributed by atoms with Gasteiger partial charge in [-0.3, -0.25) is 15.1 Å². The van der Waals surface area contributed by atoms with E-state index in [-0.39, 0.29) is 11.7 Å². The van der Waals surface area contributed by atoms with Crippen molar-refractivity contribution in [1.82, 2.24) is 10.3 Å². The molecule has 0 spiro atoms. The number of anilines is 1. The van der Waals surface area contributed by atoms with Gasteiger partial charge in [0.1, 0.15) is 11.9 Å². The van der Waals surface area contributed by atoms with Gasteiger partial charge in [-0.25, -0.2) is 4.79 Å². The Balaban J connectivity index is 2.11. The number of carboxylic acid groups (broad SMARTS) is 1. The number of aromatic nitrogens is 1. The number of hydrogen-bond donors (Lipinski definition) is 2. The number of carbonyl (C=O) groups is 1. The van der Waals surface area contributed by atoms with Crippen LogP contribution in [0.1, 0.15) is 19.3 Å². The average molecular weight is 280 g/mol. The van der Waals surface area contributed by atoms with Crippen LogP contribution in [-0.4, -0.2) is 40.2 Å². The van der Waals surface area contributed by atoms with Crippen LogP contribution >= 0.6 is 0 Å². The van der Waals surface area contributed by atoms with E-state index in [9.17, 15) is 14.9 Å². The summed E-state index contributed by atoms with van der Waals surface area (Å²) >= 11 is 0. The molecule has 1 aliphatic heterocycles. The van der Waals surface area contributed by atoms with Crippen molar-refractivity contribution in [2.75, 3.05) is 18.0 Å². The molecule has 8 nitrogen and oxygen atoms in total. The molecule has 2 N–H and O–H groups in total. The van der Waals surface area contributed by atoms with Gasteiger partial charge >= 0.3 is 11.8 Å². The van der Waals surface area contributed by atoms with Gasteiger partial charge in [-0.15, -0.1) is 0 Å². The van der Waals surface area contributed by atoms with Crippen LogP contribution in [0.15, 0.2) is 18.5 Å². The van der Waals surface area contributed by atoms with Crippen LogP contribution in [0.25, 0.3) is 0 Å². The summed E-state index contributed by atoms with van der Waals surface area (Å²) in [6, 6.07) is 1.53. The summed E-state index contributed by atoms with van der Waals surface area (Å²) in [5, 5.41) is 22.2. The molecular weight excluding hydrogens is 264 g/mol. The summed E-state index contributed by atoms with van der Waals surface area (Å²) < 4.78 is 0. The van der Waals surface area contributed by atoms with Crippen LogP contribution in [-0.2, 0) is 0 Å². The Hall–Kier alpha value is -2.38. The maximum Gasteiger partial charge on any atom is 0.404 e. The highest BCUT2D eigenvalue weighted by Gasteiger charge is 2.23. The molecule has 108 valence electrons. The number of nitro groups is 1. The predicted molar refractivity (Wildman–Crippen MR) is 71.9 cm³/mol. The van der Waals surface area contributed by atoms with E-state index < -0.39 is 11.0 Å². The van der Waals surface area contributed by atoms with Crippen LogP contribution in [0.2, 0.25) is 0 Å². The number of rotatable bonds is 3.